The van der Waals surface area contributed by atoms with Gasteiger partial charge in [-0.3, -0.25) is 0 Å². The fraction of sp³-hybridized carbons (Fsp3) is 1.00. The maximum atomic E-state index is 5.82. The average Bonchev–Trinajstić information content (AvgIpc) is 3.49. The normalized spacial score (nSPS) is 16.4. The third-order valence-corrected chi connectivity index (χ3v) is 13.9. The molecule has 14 atom stereocenters. The maximum Gasteiger partial charge on any atom is 0.0781 e. The Morgan fingerprint density at radius 1 is 0.191 bits per heavy atom. The minimum atomic E-state index is 0.00889. The zero-order valence-corrected chi connectivity index (χ0v) is 66.1. The molecular weight excluding hydrogens is 1200 g/mol. The van der Waals surface area contributed by atoms with Crippen molar-refractivity contribution in [2.24, 2.45) is 23.7 Å². The highest BCUT2D eigenvalue weighted by Crippen LogP contribution is 2.11. The lowest BCUT2D eigenvalue weighted by molar-refractivity contribution is -0.0984. The second-order valence-corrected chi connectivity index (χ2v) is 27.6. The lowest BCUT2D eigenvalue weighted by atomic mass is 10.1. The molecule has 0 saturated heterocycles. The van der Waals surface area contributed by atoms with Crippen molar-refractivity contribution in [1.82, 2.24) is 0 Å². The predicted molar refractivity (Wildman–Crippen MR) is 384 cm³/mol. The topological polar surface area (TPSA) is 175 Å². The summed E-state index contributed by atoms with van der Waals surface area (Å²) >= 11 is 0. The second-order valence-electron chi connectivity index (χ2n) is 27.6. The molecule has 0 aromatic rings. The lowest BCUT2D eigenvalue weighted by Gasteiger charge is -2.22. The van der Waals surface area contributed by atoms with Crippen molar-refractivity contribution in [2.45, 2.75) is 309 Å². The van der Waals surface area contributed by atoms with Gasteiger partial charge in [0.05, 0.1) is 191 Å². The Bertz CT molecular complexity index is 1450. The van der Waals surface area contributed by atoms with E-state index < -0.39 is 0 Å². The Morgan fingerprint density at radius 2 is 0.404 bits per heavy atom. The number of ether oxygens (including phenoxy) is 19. The van der Waals surface area contributed by atoms with Crippen LogP contribution in [0.15, 0.2) is 0 Å². The number of methoxy groups -OCH3 is 2. The fourth-order valence-electron chi connectivity index (χ4n) is 8.15. The molecule has 0 N–H and O–H groups in total. The van der Waals surface area contributed by atoms with E-state index in [0.29, 0.717) is 112 Å². The standard InChI is InChI=1S/C22H46O6.C21H44O5.C20H42O5.C12H26O3/c1-17(2)10-9-11-24-19(4)13-26-21(6)15-28-22(7)16-27-20(5)14-25-18(3)12-23-8;1-8-11-22-13-18(4)24-15-20(6)26-16-21(7)25-14-19(5)23-12-9-10-17(2)3;1-8-21-12-17(4)23-14-19(6)25-15-20(7)24-13-18(5)22-11-9-10-16(2)3;1-11(2)6-5-7-14-8-9-15-12(3)10-13-4/h17-22H,9-16H2,1-8H3;17-21H,8-16H2,1-7H3;16-20H,8-15H2,1-7H3;11-12H,5-10H2,1-4H3. The van der Waals surface area contributed by atoms with Crippen LogP contribution < -0.4 is 0 Å². The summed E-state index contributed by atoms with van der Waals surface area (Å²) in [6.07, 6.45) is 11.4. The number of hydrogen-bond donors (Lipinski definition) is 0. The lowest BCUT2D eigenvalue weighted by Crippen LogP contribution is -2.29. The van der Waals surface area contributed by atoms with Gasteiger partial charge in [-0.2, -0.15) is 0 Å². The molecule has 0 spiro atoms. The van der Waals surface area contributed by atoms with Crippen LogP contribution in [0.5, 0.6) is 0 Å². The molecule has 14 unspecified atom stereocenters. The molecule has 0 saturated carbocycles. The molecule has 0 amide bonds. The summed E-state index contributed by atoms with van der Waals surface area (Å²) in [5.74, 6) is 2.97. The quantitative estimate of drug-likeness (QED) is 0.0525. The van der Waals surface area contributed by atoms with Crippen molar-refractivity contribution in [3.05, 3.63) is 0 Å². The number of hydrogen-bond acceptors (Lipinski definition) is 19. The predicted octanol–water partition coefficient (Wildman–Crippen LogP) is 15.1. The summed E-state index contributed by atoms with van der Waals surface area (Å²) in [4.78, 5) is 0. The summed E-state index contributed by atoms with van der Waals surface area (Å²) < 4.78 is 107. The smallest absolute Gasteiger partial charge is 0.0781 e. The van der Waals surface area contributed by atoms with Gasteiger partial charge in [0.2, 0.25) is 0 Å². The van der Waals surface area contributed by atoms with Crippen LogP contribution in [0.25, 0.3) is 0 Å². The summed E-state index contributed by atoms with van der Waals surface area (Å²) in [5, 5.41) is 0. The first-order valence-corrected chi connectivity index (χ1v) is 36.9. The van der Waals surface area contributed by atoms with E-state index in [0.717, 1.165) is 88.8 Å². The molecule has 0 aliphatic rings. The van der Waals surface area contributed by atoms with Crippen LogP contribution in [0.1, 0.15) is 224 Å². The first-order valence-electron chi connectivity index (χ1n) is 36.9. The molecule has 0 fully saturated rings. The van der Waals surface area contributed by atoms with E-state index in [9.17, 15) is 0 Å². The highest BCUT2D eigenvalue weighted by atomic mass is 16.6. The Kier molecular flexibility index (Phi) is 76.3. The van der Waals surface area contributed by atoms with Crippen molar-refractivity contribution in [3.63, 3.8) is 0 Å². The Morgan fingerprint density at radius 3 is 0.649 bits per heavy atom. The van der Waals surface area contributed by atoms with Crippen LogP contribution >= 0.6 is 0 Å². The fourth-order valence-corrected chi connectivity index (χ4v) is 8.15. The van der Waals surface area contributed by atoms with E-state index in [4.69, 9.17) is 90.0 Å². The molecule has 19 nitrogen and oxygen atoms in total. The van der Waals surface area contributed by atoms with Crippen molar-refractivity contribution in [3.8, 4) is 0 Å². The van der Waals surface area contributed by atoms with E-state index in [1.54, 1.807) is 14.2 Å². The third kappa shape index (κ3) is 81.9. The first-order chi connectivity index (χ1) is 44.6. The molecule has 0 rings (SSSR count). The van der Waals surface area contributed by atoms with Crippen LogP contribution in [0.3, 0.4) is 0 Å². The van der Waals surface area contributed by atoms with Gasteiger partial charge in [-0.05, 0) is 185 Å². The molecule has 0 bridgehead atoms. The van der Waals surface area contributed by atoms with Gasteiger partial charge in [-0.25, -0.2) is 0 Å². The van der Waals surface area contributed by atoms with E-state index in [1.165, 1.54) is 25.7 Å². The van der Waals surface area contributed by atoms with Crippen LogP contribution in [0.4, 0.5) is 0 Å². The van der Waals surface area contributed by atoms with Crippen molar-refractivity contribution >= 4 is 0 Å². The number of rotatable bonds is 64. The molecule has 0 radical (unpaired) electrons. The first kappa shape index (κ1) is 99.6. The molecule has 0 aliphatic heterocycles. The summed E-state index contributed by atoms with van der Waals surface area (Å²) in [6.45, 7) is 64.5. The minimum absolute atomic E-state index is 0.00889. The van der Waals surface area contributed by atoms with Crippen molar-refractivity contribution in [2.75, 3.05) is 160 Å². The molecule has 0 heterocycles. The summed E-state index contributed by atoms with van der Waals surface area (Å²) in [5.41, 5.74) is 0. The zero-order chi connectivity index (χ0) is 71.7. The van der Waals surface area contributed by atoms with Gasteiger partial charge in [0.15, 0.2) is 0 Å². The van der Waals surface area contributed by atoms with E-state index >= 15 is 0 Å². The highest BCUT2D eigenvalue weighted by molar-refractivity contribution is 4.62. The summed E-state index contributed by atoms with van der Waals surface area (Å²) in [7, 11) is 3.35. The van der Waals surface area contributed by atoms with Gasteiger partial charge in [-0.1, -0.05) is 62.3 Å². The second kappa shape index (κ2) is 72.0. The SMILES string of the molecule is CCCOCC(C)OCC(C)OCC(C)OCC(C)OCCCC(C)C.CCOCC(C)OCC(C)OCC(C)OCC(C)OCCCC(C)C.COCC(C)OCC(C)OCC(C)OCC(C)OCC(C)OCCCC(C)C.COCC(C)OCCOCCCC(C)C. The molecule has 572 valence electrons. The molecule has 94 heavy (non-hydrogen) atoms. The molecule has 0 aliphatic carbocycles. The van der Waals surface area contributed by atoms with E-state index in [1.807, 2.05) is 83.1 Å². The Hall–Kier alpha value is -0.760. The molecule has 19 heteroatoms. The largest absolute Gasteiger partial charge is 0.382 e. The van der Waals surface area contributed by atoms with Gasteiger partial charge in [0, 0.05) is 53.9 Å². The summed E-state index contributed by atoms with van der Waals surface area (Å²) in [6, 6.07) is 0. The van der Waals surface area contributed by atoms with Gasteiger partial charge < -0.3 is 90.0 Å². The van der Waals surface area contributed by atoms with E-state index in [2.05, 4.69) is 83.1 Å². The molecule has 0 aromatic heterocycles. The van der Waals surface area contributed by atoms with Gasteiger partial charge in [-0.15, -0.1) is 0 Å². The highest BCUT2D eigenvalue weighted by Gasteiger charge is 2.16. The van der Waals surface area contributed by atoms with Crippen LogP contribution in [-0.2, 0) is 90.0 Å². The van der Waals surface area contributed by atoms with Crippen LogP contribution in [0.2, 0.25) is 0 Å². The molecule has 0 aromatic carbocycles. The van der Waals surface area contributed by atoms with Gasteiger partial charge in [0.25, 0.3) is 0 Å². The Labute approximate surface area is 580 Å². The van der Waals surface area contributed by atoms with E-state index in [-0.39, 0.29) is 85.5 Å². The van der Waals surface area contributed by atoms with Crippen molar-refractivity contribution < 1.29 is 90.0 Å². The zero-order valence-electron chi connectivity index (χ0n) is 66.1. The van der Waals surface area contributed by atoms with Crippen LogP contribution in [-0.4, -0.2) is 245 Å². The Balaban J connectivity index is -0.000000586. The van der Waals surface area contributed by atoms with Crippen LogP contribution in [0, 0.1) is 23.7 Å². The molecular formula is C75H158O19. The van der Waals surface area contributed by atoms with Gasteiger partial charge >= 0.3 is 0 Å². The average molecular weight is 1360 g/mol. The third-order valence-electron chi connectivity index (χ3n) is 13.9. The minimum Gasteiger partial charge on any atom is -0.382 e. The van der Waals surface area contributed by atoms with Gasteiger partial charge in [0.1, 0.15) is 0 Å². The van der Waals surface area contributed by atoms with Crippen molar-refractivity contribution in [1.29, 1.82) is 0 Å². The maximum absolute atomic E-state index is 5.82. The monoisotopic (exact) mass is 1360 g/mol.